The number of hydrogen-bond acceptors (Lipinski definition) is 5. The van der Waals surface area contributed by atoms with E-state index in [0.717, 1.165) is 22.3 Å². The first-order chi connectivity index (χ1) is 17.6. The first-order valence-corrected chi connectivity index (χ1v) is 12.4. The Hall–Kier alpha value is -3.99. The van der Waals surface area contributed by atoms with Crippen molar-refractivity contribution in [1.82, 2.24) is 0 Å². The van der Waals surface area contributed by atoms with E-state index in [1.807, 2.05) is 78.9 Å². The highest BCUT2D eigenvalue weighted by molar-refractivity contribution is 5.90. The lowest BCUT2D eigenvalue weighted by atomic mass is 9.96. The largest absolute Gasteiger partial charge is 0.462 e. The van der Waals surface area contributed by atoms with Crippen molar-refractivity contribution in [3.8, 4) is 11.1 Å². The summed E-state index contributed by atoms with van der Waals surface area (Å²) in [6.07, 6.45) is 3.11. The molecule has 0 unspecified atom stereocenters. The van der Waals surface area contributed by atoms with Crippen molar-refractivity contribution in [3.63, 3.8) is 0 Å². The van der Waals surface area contributed by atoms with E-state index in [-0.39, 0.29) is 36.6 Å². The lowest BCUT2D eigenvalue weighted by Crippen LogP contribution is -2.19. The van der Waals surface area contributed by atoms with Crippen molar-refractivity contribution in [1.29, 1.82) is 0 Å². The molecule has 0 aromatic heterocycles. The van der Waals surface area contributed by atoms with Crippen molar-refractivity contribution < 1.29 is 23.9 Å². The third-order valence-electron chi connectivity index (χ3n) is 6.94. The van der Waals surface area contributed by atoms with Crippen LogP contribution in [0.15, 0.2) is 96.6 Å². The number of benzene rings is 3. The number of fused-ring (bicyclic) bond motifs is 1. The average Bonchev–Trinajstić information content (AvgIpc) is 3.42. The second kappa shape index (κ2) is 10.7. The summed E-state index contributed by atoms with van der Waals surface area (Å²) in [6, 6.07) is 27.2. The van der Waals surface area contributed by atoms with Gasteiger partial charge in [-0.3, -0.25) is 9.59 Å². The first kappa shape index (κ1) is 23.7. The van der Waals surface area contributed by atoms with Crippen molar-refractivity contribution in [3.05, 3.63) is 108 Å². The Kier molecular flexibility index (Phi) is 7.08. The highest BCUT2D eigenvalue weighted by atomic mass is 16.6. The Morgan fingerprint density at radius 2 is 1.56 bits per heavy atom. The van der Waals surface area contributed by atoms with Crippen LogP contribution in [0.4, 0.5) is 0 Å². The van der Waals surface area contributed by atoms with Crippen LogP contribution >= 0.6 is 0 Å². The standard InChI is InChI=1S/C31H28O5/c32-25(16-11-21-7-3-1-4-8-21)17-18-26-27-19-30(33)35-29(27)20-28(26)36-31(34)24-14-12-23(13-15-24)22-9-5-2-6-10-22/h1-10,12-15,18,27-29H,11,16-17,19-20H2/t27-,28-,29+/m1/s1. The number of hydrogen-bond donors (Lipinski definition) is 0. The summed E-state index contributed by atoms with van der Waals surface area (Å²) in [5.74, 6) is -0.695. The van der Waals surface area contributed by atoms with Gasteiger partial charge in [0.2, 0.25) is 0 Å². The van der Waals surface area contributed by atoms with E-state index >= 15 is 0 Å². The van der Waals surface area contributed by atoms with Crippen molar-refractivity contribution >= 4 is 17.7 Å². The van der Waals surface area contributed by atoms with Crippen LogP contribution in [0.25, 0.3) is 11.1 Å². The molecule has 5 nitrogen and oxygen atoms in total. The molecule has 1 aliphatic heterocycles. The van der Waals surface area contributed by atoms with Crippen molar-refractivity contribution in [2.75, 3.05) is 0 Å². The molecule has 0 N–H and O–H groups in total. The Labute approximate surface area is 210 Å². The topological polar surface area (TPSA) is 69.7 Å². The highest BCUT2D eigenvalue weighted by Gasteiger charge is 2.48. The lowest BCUT2D eigenvalue weighted by molar-refractivity contribution is -0.141. The lowest BCUT2D eigenvalue weighted by Gasteiger charge is -2.16. The van der Waals surface area contributed by atoms with Gasteiger partial charge in [-0.1, -0.05) is 78.9 Å². The summed E-state index contributed by atoms with van der Waals surface area (Å²) in [4.78, 5) is 37.4. The van der Waals surface area contributed by atoms with Gasteiger partial charge in [-0.15, -0.1) is 0 Å². The van der Waals surface area contributed by atoms with Crippen LogP contribution in [-0.2, 0) is 25.5 Å². The number of ketones is 1. The number of ether oxygens (including phenoxy) is 2. The second-order valence-electron chi connectivity index (χ2n) is 9.34. The molecule has 5 rings (SSSR count). The highest BCUT2D eigenvalue weighted by Crippen LogP contribution is 2.42. The van der Waals surface area contributed by atoms with Crippen LogP contribution in [0.1, 0.15) is 41.6 Å². The predicted octanol–water partition coefficient (Wildman–Crippen LogP) is 5.73. The monoisotopic (exact) mass is 480 g/mol. The van der Waals surface area contributed by atoms with Gasteiger partial charge in [0.1, 0.15) is 18.0 Å². The third kappa shape index (κ3) is 5.46. The van der Waals surface area contributed by atoms with Gasteiger partial charge in [-0.05, 0) is 40.8 Å². The van der Waals surface area contributed by atoms with E-state index in [1.54, 1.807) is 12.1 Å². The van der Waals surface area contributed by atoms with Gasteiger partial charge < -0.3 is 9.47 Å². The maximum absolute atomic E-state index is 13.0. The number of Topliss-reactive ketones (excluding diaryl/α,β-unsaturated/α-hetero) is 1. The minimum Gasteiger partial charge on any atom is -0.462 e. The van der Waals surface area contributed by atoms with Crippen LogP contribution in [0.2, 0.25) is 0 Å². The maximum atomic E-state index is 13.0. The molecule has 182 valence electrons. The quantitative estimate of drug-likeness (QED) is 0.304. The second-order valence-corrected chi connectivity index (χ2v) is 9.34. The number of rotatable bonds is 8. The minimum absolute atomic E-state index is 0.113. The predicted molar refractivity (Wildman–Crippen MR) is 136 cm³/mol. The van der Waals surface area contributed by atoms with Crippen LogP contribution in [0, 0.1) is 5.92 Å². The number of aryl methyl sites for hydroxylation is 1. The first-order valence-electron chi connectivity index (χ1n) is 12.4. The molecule has 0 bridgehead atoms. The van der Waals surface area contributed by atoms with Crippen molar-refractivity contribution in [2.45, 2.75) is 44.3 Å². The Morgan fingerprint density at radius 3 is 2.28 bits per heavy atom. The van der Waals surface area contributed by atoms with E-state index in [2.05, 4.69) is 0 Å². The Bertz CT molecular complexity index is 1260. The van der Waals surface area contributed by atoms with Crippen molar-refractivity contribution in [2.24, 2.45) is 5.92 Å². The zero-order valence-electron chi connectivity index (χ0n) is 20.0. The number of carbonyl (C=O) groups is 3. The van der Waals surface area contributed by atoms with Gasteiger partial charge in [0.15, 0.2) is 0 Å². The Balaban J connectivity index is 1.25. The smallest absolute Gasteiger partial charge is 0.338 e. The fourth-order valence-electron chi connectivity index (χ4n) is 5.03. The molecule has 36 heavy (non-hydrogen) atoms. The molecule has 1 aliphatic carbocycles. The molecule has 1 heterocycles. The van der Waals surface area contributed by atoms with E-state index in [0.29, 0.717) is 24.8 Å². The van der Waals surface area contributed by atoms with Gasteiger partial charge >= 0.3 is 11.9 Å². The molecule has 2 aliphatic rings. The summed E-state index contributed by atoms with van der Waals surface area (Å²) in [6.45, 7) is 0. The van der Waals surface area contributed by atoms with Crippen LogP contribution < -0.4 is 0 Å². The average molecular weight is 481 g/mol. The van der Waals surface area contributed by atoms with E-state index < -0.39 is 12.1 Å². The molecule has 5 heteroatoms. The zero-order valence-corrected chi connectivity index (χ0v) is 20.0. The summed E-state index contributed by atoms with van der Waals surface area (Å²) >= 11 is 0. The van der Waals surface area contributed by atoms with Crippen LogP contribution in [0.3, 0.4) is 0 Å². The van der Waals surface area contributed by atoms with Crippen LogP contribution in [0.5, 0.6) is 0 Å². The molecule has 3 aromatic carbocycles. The molecule has 3 atom stereocenters. The molecule has 0 radical (unpaired) electrons. The molecule has 0 amide bonds. The van der Waals surface area contributed by atoms with E-state index in [9.17, 15) is 14.4 Å². The van der Waals surface area contributed by atoms with E-state index in [1.165, 1.54) is 0 Å². The van der Waals surface area contributed by atoms with Gasteiger partial charge in [-0.25, -0.2) is 4.79 Å². The van der Waals surface area contributed by atoms with Crippen LogP contribution in [-0.4, -0.2) is 29.9 Å². The minimum atomic E-state index is -0.503. The normalized spacial score (nSPS) is 21.7. The molecular formula is C31H28O5. The van der Waals surface area contributed by atoms with Gasteiger partial charge in [0, 0.05) is 25.2 Å². The van der Waals surface area contributed by atoms with Gasteiger partial charge in [0.25, 0.3) is 0 Å². The van der Waals surface area contributed by atoms with Gasteiger partial charge in [-0.2, -0.15) is 0 Å². The Morgan fingerprint density at radius 1 is 0.889 bits per heavy atom. The molecule has 2 fully saturated rings. The summed E-state index contributed by atoms with van der Waals surface area (Å²) < 4.78 is 11.3. The zero-order chi connectivity index (χ0) is 24.9. The number of allylic oxidation sites excluding steroid dienone is 1. The van der Waals surface area contributed by atoms with Gasteiger partial charge in [0.05, 0.1) is 12.0 Å². The fraction of sp³-hybridized carbons (Fsp3) is 0.258. The van der Waals surface area contributed by atoms with E-state index in [4.69, 9.17) is 9.47 Å². The summed E-state index contributed by atoms with van der Waals surface area (Å²) in [7, 11) is 0. The molecule has 3 aromatic rings. The maximum Gasteiger partial charge on any atom is 0.338 e. The molecule has 1 saturated heterocycles. The third-order valence-corrected chi connectivity index (χ3v) is 6.94. The summed E-state index contributed by atoms with van der Waals surface area (Å²) in [5, 5.41) is 0. The SMILES string of the molecule is O=C(CC=C1[C@H]2CC(=O)O[C@H]2C[C@H]1OC(=O)c1ccc(-c2ccccc2)cc1)CCc1ccccc1. The summed E-state index contributed by atoms with van der Waals surface area (Å²) in [5.41, 5.74) is 4.50. The molecular weight excluding hydrogens is 452 g/mol. The fourth-order valence-corrected chi connectivity index (χ4v) is 5.03. The molecule has 1 saturated carbocycles. The number of carbonyl (C=O) groups excluding carboxylic acids is 3. The molecule has 0 spiro atoms. The number of esters is 2.